The number of nitriles is 2. The Bertz CT molecular complexity index is 872. The highest BCUT2D eigenvalue weighted by molar-refractivity contribution is 5.94. The van der Waals surface area contributed by atoms with Gasteiger partial charge in [-0.15, -0.1) is 0 Å². The third-order valence-electron chi connectivity index (χ3n) is 4.06. The number of aromatic nitrogens is 2. The molecule has 120 valence electrons. The molecule has 1 aromatic carbocycles. The number of benzene rings is 1. The second kappa shape index (κ2) is 6.43. The quantitative estimate of drug-likeness (QED) is 0.856. The minimum Gasteiger partial charge on any atom is -0.497 e. The van der Waals surface area contributed by atoms with Crippen LogP contribution in [0, 0.1) is 22.7 Å². The standard InChI is InChI=1S/C17H15N5O2/c1-24-13-4-5-15-12(7-13)3-2-6-22(15)17(23)10-21-11-20-14(8-18)16(21)9-19/h4-5,7,11H,2-3,6,10H2,1H3. The van der Waals surface area contributed by atoms with Gasteiger partial charge in [-0.1, -0.05) is 0 Å². The van der Waals surface area contributed by atoms with Crippen LogP contribution in [0.1, 0.15) is 23.4 Å². The Morgan fingerprint density at radius 2 is 2.21 bits per heavy atom. The highest BCUT2D eigenvalue weighted by Crippen LogP contribution is 2.30. The first-order valence-electron chi connectivity index (χ1n) is 7.50. The zero-order valence-corrected chi connectivity index (χ0v) is 13.2. The lowest BCUT2D eigenvalue weighted by Crippen LogP contribution is -2.37. The molecule has 0 spiro atoms. The number of hydrogen-bond donors (Lipinski definition) is 0. The van der Waals surface area contributed by atoms with Gasteiger partial charge in [0.15, 0.2) is 11.4 Å². The molecule has 2 heterocycles. The highest BCUT2D eigenvalue weighted by Gasteiger charge is 2.24. The fourth-order valence-electron chi connectivity index (χ4n) is 2.89. The maximum atomic E-state index is 12.7. The Hall–Kier alpha value is -3.32. The van der Waals surface area contributed by atoms with Gasteiger partial charge in [-0.25, -0.2) is 4.98 Å². The topological polar surface area (TPSA) is 94.9 Å². The van der Waals surface area contributed by atoms with Crippen LogP contribution in [-0.2, 0) is 17.8 Å². The van der Waals surface area contributed by atoms with Crippen LogP contribution in [0.4, 0.5) is 5.69 Å². The van der Waals surface area contributed by atoms with Gasteiger partial charge in [0.1, 0.15) is 24.4 Å². The molecule has 0 fully saturated rings. The third kappa shape index (κ3) is 2.68. The maximum Gasteiger partial charge on any atom is 0.247 e. The molecule has 24 heavy (non-hydrogen) atoms. The Morgan fingerprint density at radius 1 is 1.38 bits per heavy atom. The minimum atomic E-state index is -0.139. The highest BCUT2D eigenvalue weighted by atomic mass is 16.5. The normalized spacial score (nSPS) is 12.9. The number of aryl methyl sites for hydroxylation is 1. The minimum absolute atomic E-state index is 0.0248. The zero-order chi connectivity index (χ0) is 17.1. The smallest absolute Gasteiger partial charge is 0.247 e. The van der Waals surface area contributed by atoms with Crippen LogP contribution >= 0.6 is 0 Å². The van der Waals surface area contributed by atoms with E-state index < -0.39 is 0 Å². The number of imidazole rings is 1. The molecule has 0 aliphatic carbocycles. The molecule has 0 atom stereocenters. The van der Waals surface area contributed by atoms with Crippen molar-refractivity contribution in [2.24, 2.45) is 0 Å². The van der Waals surface area contributed by atoms with Crippen molar-refractivity contribution >= 4 is 11.6 Å². The van der Waals surface area contributed by atoms with Gasteiger partial charge in [0, 0.05) is 12.2 Å². The van der Waals surface area contributed by atoms with Crippen LogP contribution in [0.5, 0.6) is 5.75 Å². The van der Waals surface area contributed by atoms with E-state index in [0.717, 1.165) is 29.8 Å². The van der Waals surface area contributed by atoms with Crippen molar-refractivity contribution in [3.63, 3.8) is 0 Å². The van der Waals surface area contributed by atoms with Crippen molar-refractivity contribution in [3.05, 3.63) is 41.5 Å². The lowest BCUT2D eigenvalue weighted by Gasteiger charge is -2.30. The summed E-state index contributed by atoms with van der Waals surface area (Å²) >= 11 is 0. The second-order valence-electron chi connectivity index (χ2n) is 5.44. The number of anilines is 1. The zero-order valence-electron chi connectivity index (χ0n) is 13.2. The van der Waals surface area contributed by atoms with Gasteiger partial charge in [-0.05, 0) is 36.6 Å². The summed E-state index contributed by atoms with van der Waals surface area (Å²) in [5.74, 6) is 0.627. The summed E-state index contributed by atoms with van der Waals surface area (Å²) in [6, 6.07) is 9.44. The van der Waals surface area contributed by atoms with Gasteiger partial charge in [0.2, 0.25) is 5.91 Å². The Balaban J connectivity index is 1.87. The number of carbonyl (C=O) groups excluding carboxylic acids is 1. The van der Waals surface area contributed by atoms with E-state index in [0.29, 0.717) is 6.54 Å². The SMILES string of the molecule is COc1ccc2c(c1)CCCN2C(=O)Cn1cnc(C#N)c1C#N. The van der Waals surface area contributed by atoms with E-state index in [4.69, 9.17) is 15.3 Å². The van der Waals surface area contributed by atoms with Gasteiger partial charge in [-0.2, -0.15) is 10.5 Å². The van der Waals surface area contributed by atoms with Crippen molar-refractivity contribution in [1.82, 2.24) is 9.55 Å². The summed E-state index contributed by atoms with van der Waals surface area (Å²) in [6.45, 7) is 0.600. The van der Waals surface area contributed by atoms with Crippen molar-refractivity contribution in [2.45, 2.75) is 19.4 Å². The van der Waals surface area contributed by atoms with Gasteiger partial charge < -0.3 is 14.2 Å². The van der Waals surface area contributed by atoms with Crippen LogP contribution < -0.4 is 9.64 Å². The monoisotopic (exact) mass is 321 g/mol. The average molecular weight is 321 g/mol. The van der Waals surface area contributed by atoms with E-state index in [1.165, 1.54) is 10.9 Å². The number of carbonyl (C=O) groups is 1. The van der Waals surface area contributed by atoms with Gasteiger partial charge in [0.25, 0.3) is 0 Å². The molecule has 0 unspecified atom stereocenters. The number of nitrogens with zero attached hydrogens (tertiary/aromatic N) is 5. The number of fused-ring (bicyclic) bond motifs is 1. The Labute approximate surface area is 139 Å². The molecule has 0 saturated heterocycles. The largest absolute Gasteiger partial charge is 0.497 e. The van der Waals surface area contributed by atoms with E-state index >= 15 is 0 Å². The number of amides is 1. The van der Waals surface area contributed by atoms with Crippen LogP contribution in [-0.4, -0.2) is 29.1 Å². The van der Waals surface area contributed by atoms with Crippen LogP contribution in [0.25, 0.3) is 0 Å². The van der Waals surface area contributed by atoms with Crippen molar-refractivity contribution in [1.29, 1.82) is 10.5 Å². The predicted octanol–water partition coefficient (Wildman–Crippen LogP) is 1.61. The molecule has 7 heteroatoms. The van der Waals surface area contributed by atoms with Crippen molar-refractivity contribution in [3.8, 4) is 17.9 Å². The fraction of sp³-hybridized carbons (Fsp3) is 0.294. The van der Waals surface area contributed by atoms with Gasteiger partial charge >= 0.3 is 0 Å². The number of methoxy groups -OCH3 is 1. The summed E-state index contributed by atoms with van der Waals surface area (Å²) in [7, 11) is 1.61. The predicted molar refractivity (Wildman–Crippen MR) is 85.3 cm³/mol. The first-order chi connectivity index (χ1) is 11.7. The Kier molecular flexibility index (Phi) is 4.17. The van der Waals surface area contributed by atoms with E-state index in [1.807, 2.05) is 30.3 Å². The van der Waals surface area contributed by atoms with Crippen LogP contribution in [0.2, 0.25) is 0 Å². The molecule has 3 rings (SSSR count). The first kappa shape index (κ1) is 15.6. The summed E-state index contributed by atoms with van der Waals surface area (Å²) in [6.07, 6.45) is 3.11. The summed E-state index contributed by atoms with van der Waals surface area (Å²) in [4.78, 5) is 18.3. The van der Waals surface area contributed by atoms with Gasteiger partial charge in [-0.3, -0.25) is 4.79 Å². The molecule has 2 aromatic rings. The molecule has 1 aliphatic rings. The maximum absolute atomic E-state index is 12.7. The molecule has 0 bridgehead atoms. The van der Waals surface area contributed by atoms with Crippen molar-refractivity contribution < 1.29 is 9.53 Å². The molecular formula is C17H15N5O2. The molecule has 7 nitrogen and oxygen atoms in total. The Morgan fingerprint density at radius 3 is 2.92 bits per heavy atom. The second-order valence-corrected chi connectivity index (χ2v) is 5.44. The fourth-order valence-corrected chi connectivity index (χ4v) is 2.89. The average Bonchev–Trinajstić information content (AvgIpc) is 3.02. The lowest BCUT2D eigenvalue weighted by atomic mass is 10.0. The first-order valence-corrected chi connectivity index (χ1v) is 7.50. The molecule has 0 radical (unpaired) electrons. The molecule has 0 N–H and O–H groups in total. The summed E-state index contributed by atoms with van der Waals surface area (Å²) < 4.78 is 6.65. The van der Waals surface area contributed by atoms with Crippen LogP contribution in [0.3, 0.4) is 0 Å². The molecule has 0 saturated carbocycles. The summed E-state index contributed by atoms with van der Waals surface area (Å²) in [5, 5.41) is 18.1. The molecule has 1 aromatic heterocycles. The van der Waals surface area contributed by atoms with Gasteiger partial charge in [0.05, 0.1) is 13.4 Å². The number of hydrogen-bond acceptors (Lipinski definition) is 5. The molecule has 1 amide bonds. The summed E-state index contributed by atoms with van der Waals surface area (Å²) in [5.41, 5.74) is 2.08. The number of ether oxygens (including phenoxy) is 1. The van der Waals surface area contributed by atoms with E-state index in [1.54, 1.807) is 12.0 Å². The van der Waals surface area contributed by atoms with E-state index in [9.17, 15) is 4.79 Å². The molecule has 1 aliphatic heterocycles. The van der Waals surface area contributed by atoms with Crippen molar-refractivity contribution in [2.75, 3.05) is 18.6 Å². The van der Waals surface area contributed by atoms with E-state index in [-0.39, 0.29) is 23.8 Å². The third-order valence-corrected chi connectivity index (χ3v) is 4.06. The lowest BCUT2D eigenvalue weighted by molar-refractivity contribution is -0.119. The number of rotatable bonds is 3. The molecular weight excluding hydrogens is 306 g/mol. The van der Waals surface area contributed by atoms with E-state index in [2.05, 4.69) is 4.98 Å². The van der Waals surface area contributed by atoms with Crippen LogP contribution in [0.15, 0.2) is 24.5 Å².